The molecule has 2 rings (SSSR count). The van der Waals surface area contributed by atoms with Crippen LogP contribution in [0.5, 0.6) is 0 Å². The van der Waals surface area contributed by atoms with Crippen molar-refractivity contribution >= 4 is 15.9 Å². The molecule has 1 aromatic carbocycles. The van der Waals surface area contributed by atoms with Gasteiger partial charge in [-0.2, -0.15) is 0 Å². The fraction of sp³-hybridized carbons (Fsp3) is 0.600. The third kappa shape index (κ3) is 4.82. The Labute approximate surface area is 128 Å². The molecule has 1 fully saturated rings. The Morgan fingerprint density at radius 3 is 3.15 bits per heavy atom. The maximum atomic E-state index is 9.92. The van der Waals surface area contributed by atoms with Crippen LogP contribution in [-0.4, -0.2) is 55.6 Å². The van der Waals surface area contributed by atoms with Crippen LogP contribution in [0.15, 0.2) is 28.7 Å². The maximum absolute atomic E-state index is 9.92. The summed E-state index contributed by atoms with van der Waals surface area (Å²) < 4.78 is 12.1. The number of ether oxygens (including phenoxy) is 2. The minimum absolute atomic E-state index is 0.0699. The molecule has 2 unspecified atom stereocenters. The molecule has 0 aromatic heterocycles. The Kier molecular flexibility index (Phi) is 6.45. The SMILES string of the molecule is CCOCC(O)CN1CCOC(c2cccc(Br)c2)C1. The van der Waals surface area contributed by atoms with Crippen LogP contribution in [0, 0.1) is 0 Å². The second-order valence-electron chi connectivity index (χ2n) is 4.99. The lowest BCUT2D eigenvalue weighted by Gasteiger charge is -2.34. The van der Waals surface area contributed by atoms with E-state index in [2.05, 4.69) is 33.0 Å². The molecule has 0 bridgehead atoms. The predicted octanol–water partition coefficient (Wildman–Crippen LogP) is 2.22. The van der Waals surface area contributed by atoms with E-state index in [1.807, 2.05) is 19.1 Å². The lowest BCUT2D eigenvalue weighted by atomic mass is 10.1. The van der Waals surface area contributed by atoms with Crippen molar-refractivity contribution in [3.8, 4) is 0 Å². The van der Waals surface area contributed by atoms with E-state index in [9.17, 15) is 5.11 Å². The standard InChI is InChI=1S/C15H22BrNO3/c1-2-19-11-14(18)9-17-6-7-20-15(10-17)12-4-3-5-13(16)8-12/h3-5,8,14-15,18H,2,6-7,9-11H2,1H3. The van der Waals surface area contributed by atoms with Gasteiger partial charge in [-0.3, -0.25) is 4.90 Å². The van der Waals surface area contributed by atoms with Crippen molar-refractivity contribution in [2.75, 3.05) is 39.5 Å². The first-order valence-corrected chi connectivity index (χ1v) is 7.83. The Balaban J connectivity index is 1.88. The molecule has 1 aliphatic rings. The van der Waals surface area contributed by atoms with Crippen LogP contribution in [0.2, 0.25) is 0 Å². The molecule has 112 valence electrons. The van der Waals surface area contributed by atoms with Gasteiger partial charge >= 0.3 is 0 Å². The molecule has 0 aliphatic carbocycles. The van der Waals surface area contributed by atoms with E-state index in [-0.39, 0.29) is 6.10 Å². The zero-order valence-corrected chi connectivity index (χ0v) is 13.4. The van der Waals surface area contributed by atoms with E-state index in [0.717, 1.165) is 17.6 Å². The van der Waals surface area contributed by atoms with Crippen LogP contribution < -0.4 is 0 Å². The van der Waals surface area contributed by atoms with Gasteiger partial charge in [0, 0.05) is 30.7 Å². The summed E-state index contributed by atoms with van der Waals surface area (Å²) >= 11 is 3.49. The van der Waals surface area contributed by atoms with Crippen molar-refractivity contribution in [2.24, 2.45) is 0 Å². The lowest BCUT2D eigenvalue weighted by Crippen LogP contribution is -2.43. The van der Waals surface area contributed by atoms with Gasteiger partial charge in [-0.15, -0.1) is 0 Å². The number of halogens is 1. The van der Waals surface area contributed by atoms with Gasteiger partial charge < -0.3 is 14.6 Å². The molecule has 1 heterocycles. The van der Waals surface area contributed by atoms with Gasteiger partial charge in [0.05, 0.1) is 25.4 Å². The smallest absolute Gasteiger partial charge is 0.0952 e. The van der Waals surface area contributed by atoms with Crippen molar-refractivity contribution in [3.63, 3.8) is 0 Å². The third-order valence-corrected chi connectivity index (χ3v) is 3.85. The summed E-state index contributed by atoms with van der Waals surface area (Å²) in [6.45, 7) is 5.96. The maximum Gasteiger partial charge on any atom is 0.0952 e. The molecule has 0 spiro atoms. The third-order valence-electron chi connectivity index (χ3n) is 3.35. The molecule has 0 amide bonds. The van der Waals surface area contributed by atoms with Gasteiger partial charge in [-0.05, 0) is 24.6 Å². The summed E-state index contributed by atoms with van der Waals surface area (Å²) in [7, 11) is 0. The second-order valence-corrected chi connectivity index (χ2v) is 5.90. The first kappa shape index (κ1) is 15.9. The zero-order valence-electron chi connectivity index (χ0n) is 11.8. The quantitative estimate of drug-likeness (QED) is 0.859. The Morgan fingerprint density at radius 2 is 2.40 bits per heavy atom. The fourth-order valence-corrected chi connectivity index (χ4v) is 2.80. The molecule has 1 saturated heterocycles. The highest BCUT2D eigenvalue weighted by Crippen LogP contribution is 2.24. The summed E-state index contributed by atoms with van der Waals surface area (Å²) in [6.07, 6.45) is -0.364. The first-order valence-electron chi connectivity index (χ1n) is 7.04. The molecule has 2 atom stereocenters. The fourth-order valence-electron chi connectivity index (χ4n) is 2.38. The topological polar surface area (TPSA) is 41.9 Å². The molecular formula is C15H22BrNO3. The monoisotopic (exact) mass is 343 g/mol. The number of hydrogen-bond donors (Lipinski definition) is 1. The number of aliphatic hydroxyl groups is 1. The number of nitrogens with zero attached hydrogens (tertiary/aromatic N) is 1. The highest BCUT2D eigenvalue weighted by Gasteiger charge is 2.23. The van der Waals surface area contributed by atoms with Crippen molar-refractivity contribution < 1.29 is 14.6 Å². The predicted molar refractivity (Wildman–Crippen MR) is 81.8 cm³/mol. The van der Waals surface area contributed by atoms with Crippen LogP contribution in [0.1, 0.15) is 18.6 Å². The van der Waals surface area contributed by atoms with Gasteiger partial charge in [-0.25, -0.2) is 0 Å². The van der Waals surface area contributed by atoms with Crippen LogP contribution in [0.4, 0.5) is 0 Å². The molecule has 1 aromatic rings. The number of rotatable bonds is 6. The number of morpholine rings is 1. The molecule has 20 heavy (non-hydrogen) atoms. The van der Waals surface area contributed by atoms with Crippen molar-refractivity contribution in [2.45, 2.75) is 19.1 Å². The molecular weight excluding hydrogens is 322 g/mol. The average molecular weight is 344 g/mol. The van der Waals surface area contributed by atoms with Crippen molar-refractivity contribution in [1.29, 1.82) is 0 Å². The normalized spacial score (nSPS) is 21.9. The van der Waals surface area contributed by atoms with E-state index in [0.29, 0.717) is 26.4 Å². The van der Waals surface area contributed by atoms with Gasteiger partial charge in [0.2, 0.25) is 0 Å². The van der Waals surface area contributed by atoms with Gasteiger partial charge in [0.15, 0.2) is 0 Å². The minimum atomic E-state index is -0.434. The summed E-state index contributed by atoms with van der Waals surface area (Å²) in [5.41, 5.74) is 1.17. The minimum Gasteiger partial charge on any atom is -0.389 e. The van der Waals surface area contributed by atoms with E-state index < -0.39 is 6.10 Å². The van der Waals surface area contributed by atoms with Crippen molar-refractivity contribution in [1.82, 2.24) is 4.90 Å². The zero-order chi connectivity index (χ0) is 14.4. The largest absolute Gasteiger partial charge is 0.389 e. The number of benzene rings is 1. The summed E-state index contributed by atoms with van der Waals surface area (Å²) in [5, 5.41) is 9.92. The highest BCUT2D eigenvalue weighted by molar-refractivity contribution is 9.10. The summed E-state index contributed by atoms with van der Waals surface area (Å²) in [6, 6.07) is 8.20. The second kappa shape index (κ2) is 8.10. The van der Waals surface area contributed by atoms with E-state index in [1.165, 1.54) is 5.56 Å². The molecule has 0 radical (unpaired) electrons. The van der Waals surface area contributed by atoms with Gasteiger partial charge in [0.1, 0.15) is 0 Å². The Bertz CT molecular complexity index is 416. The van der Waals surface area contributed by atoms with E-state index in [1.54, 1.807) is 0 Å². The summed E-state index contributed by atoms with van der Waals surface area (Å²) in [4.78, 5) is 2.23. The molecule has 5 heteroatoms. The van der Waals surface area contributed by atoms with Crippen LogP contribution in [0.3, 0.4) is 0 Å². The van der Waals surface area contributed by atoms with Crippen LogP contribution in [0.25, 0.3) is 0 Å². The van der Waals surface area contributed by atoms with Gasteiger partial charge in [0.25, 0.3) is 0 Å². The number of β-amino-alcohol motifs (C(OH)–C–C–N with tert-alkyl or cyclic N) is 1. The number of aliphatic hydroxyl groups excluding tert-OH is 1. The van der Waals surface area contributed by atoms with E-state index in [4.69, 9.17) is 9.47 Å². The number of hydrogen-bond acceptors (Lipinski definition) is 4. The first-order chi connectivity index (χ1) is 9.69. The van der Waals surface area contributed by atoms with Crippen LogP contribution >= 0.6 is 15.9 Å². The van der Waals surface area contributed by atoms with Gasteiger partial charge in [-0.1, -0.05) is 28.1 Å². The Hall–Kier alpha value is -0.460. The molecule has 1 N–H and O–H groups in total. The van der Waals surface area contributed by atoms with Crippen molar-refractivity contribution in [3.05, 3.63) is 34.3 Å². The van der Waals surface area contributed by atoms with Crippen LogP contribution in [-0.2, 0) is 9.47 Å². The molecule has 4 nitrogen and oxygen atoms in total. The highest BCUT2D eigenvalue weighted by atomic mass is 79.9. The Morgan fingerprint density at radius 1 is 1.55 bits per heavy atom. The van der Waals surface area contributed by atoms with E-state index >= 15 is 0 Å². The average Bonchev–Trinajstić information content (AvgIpc) is 2.45. The molecule has 1 aliphatic heterocycles. The molecule has 0 saturated carbocycles. The lowest BCUT2D eigenvalue weighted by molar-refractivity contribution is -0.0517. The summed E-state index contributed by atoms with van der Waals surface area (Å²) in [5.74, 6) is 0.